The van der Waals surface area contributed by atoms with Crippen LogP contribution in [0.3, 0.4) is 0 Å². The predicted octanol–water partition coefficient (Wildman–Crippen LogP) is 1.96. The van der Waals surface area contributed by atoms with E-state index in [-0.39, 0.29) is 17.9 Å². The van der Waals surface area contributed by atoms with Crippen molar-refractivity contribution < 1.29 is 24.6 Å². The minimum absolute atomic E-state index is 0.0505. The molecular weight excluding hydrogens is 440 g/mol. The number of aromatic hydroxyl groups is 2. The summed E-state index contributed by atoms with van der Waals surface area (Å²) in [5, 5.41) is 21.9. The first kappa shape index (κ1) is 22.3. The lowest BCUT2D eigenvalue weighted by atomic mass is 10.1. The Bertz CT molecular complexity index is 1360. The molecule has 0 aliphatic carbocycles. The molecule has 2 aromatic carbocycles. The van der Waals surface area contributed by atoms with Gasteiger partial charge in [-0.3, -0.25) is 14.2 Å². The van der Waals surface area contributed by atoms with Gasteiger partial charge in [-0.05, 0) is 5.56 Å². The van der Waals surface area contributed by atoms with Gasteiger partial charge in [-0.25, -0.2) is 9.78 Å². The SMILES string of the molecule is O=C(Cc1ccccc1)Nc1cnc(-c2ccccc2)n(CC(=O)On2c(O)ccc2O)c1=O. The van der Waals surface area contributed by atoms with Crippen molar-refractivity contribution >= 4 is 17.6 Å². The lowest BCUT2D eigenvalue weighted by molar-refractivity contribution is -0.146. The van der Waals surface area contributed by atoms with Crippen molar-refractivity contribution in [3.8, 4) is 23.1 Å². The van der Waals surface area contributed by atoms with Crippen molar-refractivity contribution in [1.82, 2.24) is 14.3 Å². The highest BCUT2D eigenvalue weighted by molar-refractivity contribution is 5.92. The summed E-state index contributed by atoms with van der Waals surface area (Å²) in [5.41, 5.74) is 0.540. The average Bonchev–Trinajstić information content (AvgIpc) is 3.15. The molecule has 172 valence electrons. The Hall–Kier alpha value is -4.86. The highest BCUT2D eigenvalue weighted by Crippen LogP contribution is 2.20. The van der Waals surface area contributed by atoms with Crippen molar-refractivity contribution in [2.45, 2.75) is 13.0 Å². The molecule has 4 rings (SSSR count). The normalized spacial score (nSPS) is 10.6. The maximum absolute atomic E-state index is 13.2. The maximum atomic E-state index is 13.2. The topological polar surface area (TPSA) is 136 Å². The third-order valence-corrected chi connectivity index (χ3v) is 4.84. The van der Waals surface area contributed by atoms with Gasteiger partial charge in [0.25, 0.3) is 5.56 Å². The first-order valence-electron chi connectivity index (χ1n) is 10.2. The van der Waals surface area contributed by atoms with Crippen LogP contribution >= 0.6 is 0 Å². The third kappa shape index (κ3) is 4.96. The van der Waals surface area contributed by atoms with E-state index in [9.17, 15) is 24.6 Å². The second kappa shape index (κ2) is 9.74. The fourth-order valence-corrected chi connectivity index (χ4v) is 3.27. The fraction of sp³-hybridized carbons (Fsp3) is 0.0833. The van der Waals surface area contributed by atoms with Crippen LogP contribution in [0.1, 0.15) is 5.56 Å². The smallest absolute Gasteiger partial charge is 0.352 e. The molecule has 10 nitrogen and oxygen atoms in total. The quantitative estimate of drug-likeness (QED) is 0.384. The Labute approximate surface area is 193 Å². The van der Waals surface area contributed by atoms with E-state index in [1.165, 1.54) is 6.20 Å². The standard InChI is InChI=1S/C24H20N4O6/c29-19(13-16-7-3-1-4-8-16)26-18-14-25-23(17-9-5-2-6-10-17)27(24(18)33)15-22(32)34-28-20(30)11-12-21(28)31/h1-12,14,30-31H,13,15H2,(H,26,29). The molecule has 3 N–H and O–H groups in total. The van der Waals surface area contributed by atoms with E-state index in [0.29, 0.717) is 10.3 Å². The number of hydrogen-bond acceptors (Lipinski definition) is 7. The summed E-state index contributed by atoms with van der Waals surface area (Å²) >= 11 is 0. The van der Waals surface area contributed by atoms with Gasteiger partial charge >= 0.3 is 5.97 Å². The third-order valence-electron chi connectivity index (χ3n) is 4.84. The second-order valence-electron chi connectivity index (χ2n) is 7.27. The van der Waals surface area contributed by atoms with Gasteiger partial charge < -0.3 is 20.4 Å². The minimum atomic E-state index is -0.962. The molecular formula is C24H20N4O6. The Morgan fingerprint density at radius 1 is 0.912 bits per heavy atom. The molecule has 0 fully saturated rings. The number of nitrogens with one attached hydrogen (secondary N) is 1. The van der Waals surface area contributed by atoms with E-state index in [4.69, 9.17) is 4.84 Å². The number of benzene rings is 2. The summed E-state index contributed by atoms with van der Waals surface area (Å²) in [6.07, 6.45) is 1.29. The molecule has 0 unspecified atom stereocenters. The van der Waals surface area contributed by atoms with Crippen LogP contribution in [0.5, 0.6) is 11.8 Å². The van der Waals surface area contributed by atoms with Crippen molar-refractivity contribution in [2.24, 2.45) is 0 Å². The number of hydrogen-bond donors (Lipinski definition) is 3. The van der Waals surface area contributed by atoms with Crippen LogP contribution in [0.25, 0.3) is 11.4 Å². The van der Waals surface area contributed by atoms with Gasteiger partial charge in [0, 0.05) is 17.7 Å². The number of anilines is 1. The Morgan fingerprint density at radius 2 is 1.53 bits per heavy atom. The molecule has 1 amide bonds. The molecule has 0 spiro atoms. The molecule has 34 heavy (non-hydrogen) atoms. The van der Waals surface area contributed by atoms with Crippen LogP contribution in [0.2, 0.25) is 0 Å². The zero-order chi connectivity index (χ0) is 24.1. The first-order valence-corrected chi connectivity index (χ1v) is 10.2. The minimum Gasteiger partial charge on any atom is -0.492 e. The molecule has 0 aliphatic rings. The molecule has 0 saturated heterocycles. The van der Waals surface area contributed by atoms with Crippen LogP contribution in [-0.2, 0) is 22.6 Å². The van der Waals surface area contributed by atoms with Crippen molar-refractivity contribution in [3.05, 3.63) is 94.9 Å². The molecule has 0 saturated carbocycles. The number of amides is 1. The Balaban J connectivity index is 1.63. The van der Waals surface area contributed by atoms with Gasteiger partial charge in [0.05, 0.1) is 12.6 Å². The molecule has 0 aliphatic heterocycles. The average molecular weight is 460 g/mol. The van der Waals surface area contributed by atoms with Crippen molar-refractivity contribution in [3.63, 3.8) is 0 Å². The molecule has 0 atom stereocenters. The van der Waals surface area contributed by atoms with E-state index in [1.54, 1.807) is 54.6 Å². The highest BCUT2D eigenvalue weighted by Gasteiger charge is 2.19. The maximum Gasteiger partial charge on any atom is 0.352 e. The fourth-order valence-electron chi connectivity index (χ4n) is 3.27. The van der Waals surface area contributed by atoms with E-state index in [1.807, 2.05) is 6.07 Å². The molecule has 0 radical (unpaired) electrons. The van der Waals surface area contributed by atoms with Crippen LogP contribution in [0.15, 0.2) is 83.8 Å². The lowest BCUT2D eigenvalue weighted by Gasteiger charge is -2.14. The number of nitrogens with zero attached hydrogens (tertiary/aromatic N) is 3. The van der Waals surface area contributed by atoms with E-state index in [2.05, 4.69) is 10.3 Å². The highest BCUT2D eigenvalue weighted by atomic mass is 16.7. The van der Waals surface area contributed by atoms with Crippen molar-refractivity contribution in [1.29, 1.82) is 0 Å². The molecule has 4 aromatic rings. The second-order valence-corrected chi connectivity index (χ2v) is 7.27. The number of carbonyl (C=O) groups excluding carboxylic acids is 2. The van der Waals surface area contributed by atoms with Crippen LogP contribution in [0.4, 0.5) is 5.69 Å². The van der Waals surface area contributed by atoms with Crippen LogP contribution in [-0.4, -0.2) is 36.4 Å². The van der Waals surface area contributed by atoms with Gasteiger partial charge in [-0.15, -0.1) is 4.73 Å². The molecule has 10 heteroatoms. The molecule has 2 aromatic heterocycles. The van der Waals surface area contributed by atoms with Gasteiger partial charge in [-0.2, -0.15) is 0 Å². The lowest BCUT2D eigenvalue weighted by Crippen LogP contribution is -2.33. The largest absolute Gasteiger partial charge is 0.492 e. The van der Waals surface area contributed by atoms with Crippen LogP contribution in [0, 0.1) is 0 Å². The number of aromatic nitrogens is 3. The summed E-state index contributed by atoms with van der Waals surface area (Å²) in [6, 6.07) is 20.0. The Morgan fingerprint density at radius 3 is 2.18 bits per heavy atom. The Kier molecular flexibility index (Phi) is 6.40. The molecule has 0 bridgehead atoms. The van der Waals surface area contributed by atoms with Gasteiger partial charge in [0.15, 0.2) is 0 Å². The van der Waals surface area contributed by atoms with Gasteiger partial charge in [0.1, 0.15) is 18.1 Å². The zero-order valence-corrected chi connectivity index (χ0v) is 17.8. The zero-order valence-electron chi connectivity index (χ0n) is 17.8. The van der Waals surface area contributed by atoms with Gasteiger partial charge in [-0.1, -0.05) is 60.7 Å². The monoisotopic (exact) mass is 460 g/mol. The van der Waals surface area contributed by atoms with Crippen molar-refractivity contribution in [2.75, 3.05) is 5.32 Å². The summed E-state index contributed by atoms with van der Waals surface area (Å²) in [5.74, 6) is -2.21. The molecule has 2 heterocycles. The summed E-state index contributed by atoms with van der Waals surface area (Å²) < 4.78 is 1.57. The summed E-state index contributed by atoms with van der Waals surface area (Å²) in [4.78, 5) is 47.5. The first-order chi connectivity index (χ1) is 16.4. The summed E-state index contributed by atoms with van der Waals surface area (Å²) in [7, 11) is 0. The van der Waals surface area contributed by atoms with E-state index in [0.717, 1.165) is 22.3 Å². The summed E-state index contributed by atoms with van der Waals surface area (Å²) in [6.45, 7) is -0.602. The van der Waals surface area contributed by atoms with E-state index >= 15 is 0 Å². The van der Waals surface area contributed by atoms with Crippen LogP contribution < -0.4 is 15.7 Å². The number of carbonyl (C=O) groups is 2. The predicted molar refractivity (Wildman–Crippen MR) is 122 cm³/mol. The number of rotatable bonds is 7. The van der Waals surface area contributed by atoms with E-state index < -0.39 is 35.7 Å². The van der Waals surface area contributed by atoms with Gasteiger partial charge in [0.2, 0.25) is 17.7 Å².